The molecule has 6 nitrogen and oxygen atoms in total. The summed E-state index contributed by atoms with van der Waals surface area (Å²) in [5.74, 6) is 2.19. The number of carbonyl (C=O) groups excluding carboxylic acids is 1. The number of nitrogens with zero attached hydrogens (tertiary/aromatic N) is 3. The van der Waals surface area contributed by atoms with Crippen LogP contribution >= 0.6 is 11.6 Å². The second-order valence-corrected chi connectivity index (χ2v) is 8.09. The molecule has 1 N–H and O–H groups in total. The zero-order valence-corrected chi connectivity index (χ0v) is 18.0. The molecule has 0 aliphatic carbocycles. The number of aryl methyl sites for hydroxylation is 3. The summed E-state index contributed by atoms with van der Waals surface area (Å²) in [5.41, 5.74) is 3.73. The van der Waals surface area contributed by atoms with Crippen LogP contribution in [0.5, 0.6) is 5.75 Å². The monoisotopic (exact) mass is 424 g/mol. The van der Waals surface area contributed by atoms with Crippen molar-refractivity contribution in [1.82, 2.24) is 14.8 Å². The molecule has 30 heavy (non-hydrogen) atoms. The minimum atomic E-state index is -0.235. The minimum Gasteiger partial charge on any atom is -0.484 e. The van der Waals surface area contributed by atoms with Gasteiger partial charge < -0.3 is 14.6 Å². The third kappa shape index (κ3) is 4.49. The highest BCUT2D eigenvalue weighted by Gasteiger charge is 2.18. The molecule has 0 saturated carbocycles. The molecule has 1 aromatic heterocycles. The summed E-state index contributed by atoms with van der Waals surface area (Å²) in [7, 11) is 0. The Morgan fingerprint density at radius 3 is 2.80 bits per heavy atom. The SMILES string of the molecule is Cc1ccc(OCC(=O)Nc2ccc(Cl)c(-c3nnc4n3CCCCC4)c2)cc1C. The first-order chi connectivity index (χ1) is 14.5. The number of ether oxygens (including phenoxy) is 1. The van der Waals surface area contributed by atoms with Crippen LogP contribution in [-0.4, -0.2) is 27.3 Å². The number of fused-ring (bicyclic) bond motifs is 1. The predicted molar refractivity (Wildman–Crippen MR) is 118 cm³/mol. The van der Waals surface area contributed by atoms with E-state index >= 15 is 0 Å². The van der Waals surface area contributed by atoms with Crippen molar-refractivity contribution in [2.24, 2.45) is 0 Å². The molecule has 0 saturated heterocycles. The normalized spacial score (nSPS) is 13.4. The molecule has 0 atom stereocenters. The highest BCUT2D eigenvalue weighted by atomic mass is 35.5. The Morgan fingerprint density at radius 1 is 1.10 bits per heavy atom. The van der Waals surface area contributed by atoms with Gasteiger partial charge in [-0.25, -0.2) is 0 Å². The summed E-state index contributed by atoms with van der Waals surface area (Å²) >= 11 is 6.46. The van der Waals surface area contributed by atoms with Gasteiger partial charge in [-0.05, 0) is 68.1 Å². The van der Waals surface area contributed by atoms with Crippen LogP contribution in [0, 0.1) is 13.8 Å². The molecular weight excluding hydrogens is 400 g/mol. The minimum absolute atomic E-state index is 0.0687. The van der Waals surface area contributed by atoms with Crippen molar-refractivity contribution < 1.29 is 9.53 Å². The molecule has 2 heterocycles. The molecule has 0 radical (unpaired) electrons. The van der Waals surface area contributed by atoms with E-state index in [-0.39, 0.29) is 12.5 Å². The molecule has 2 aromatic carbocycles. The van der Waals surface area contributed by atoms with Crippen LogP contribution in [0.1, 0.15) is 36.2 Å². The molecule has 1 amide bonds. The Labute approximate surface area is 181 Å². The van der Waals surface area contributed by atoms with E-state index < -0.39 is 0 Å². The van der Waals surface area contributed by atoms with Crippen LogP contribution in [-0.2, 0) is 17.8 Å². The van der Waals surface area contributed by atoms with Crippen molar-refractivity contribution in [2.75, 3.05) is 11.9 Å². The van der Waals surface area contributed by atoms with Crippen LogP contribution < -0.4 is 10.1 Å². The molecule has 7 heteroatoms. The van der Waals surface area contributed by atoms with Gasteiger partial charge in [-0.15, -0.1) is 10.2 Å². The van der Waals surface area contributed by atoms with Gasteiger partial charge in [-0.1, -0.05) is 24.1 Å². The zero-order chi connectivity index (χ0) is 21.1. The van der Waals surface area contributed by atoms with Crippen molar-refractivity contribution in [1.29, 1.82) is 0 Å². The number of aromatic nitrogens is 3. The number of hydrogen-bond donors (Lipinski definition) is 1. The lowest BCUT2D eigenvalue weighted by Crippen LogP contribution is -2.20. The van der Waals surface area contributed by atoms with E-state index in [4.69, 9.17) is 16.3 Å². The van der Waals surface area contributed by atoms with E-state index in [1.807, 2.05) is 38.1 Å². The first kappa shape index (κ1) is 20.4. The Hall–Kier alpha value is -2.86. The third-order valence-electron chi connectivity index (χ3n) is 5.45. The Balaban J connectivity index is 1.47. The first-order valence-corrected chi connectivity index (χ1v) is 10.6. The number of benzene rings is 2. The number of amides is 1. The second-order valence-electron chi connectivity index (χ2n) is 7.68. The summed E-state index contributed by atoms with van der Waals surface area (Å²) < 4.78 is 7.77. The predicted octanol–water partition coefficient (Wildman–Crippen LogP) is 4.96. The molecule has 156 valence electrons. The average Bonchev–Trinajstić information content (AvgIpc) is 2.98. The molecule has 0 fully saturated rings. The maximum atomic E-state index is 12.4. The van der Waals surface area contributed by atoms with Gasteiger partial charge in [0, 0.05) is 24.2 Å². The van der Waals surface area contributed by atoms with E-state index in [9.17, 15) is 4.79 Å². The quantitative estimate of drug-likeness (QED) is 0.628. The number of halogens is 1. The summed E-state index contributed by atoms with van der Waals surface area (Å²) in [6.07, 6.45) is 4.34. The van der Waals surface area contributed by atoms with Crippen molar-refractivity contribution in [3.8, 4) is 17.1 Å². The van der Waals surface area contributed by atoms with E-state index in [2.05, 4.69) is 20.1 Å². The van der Waals surface area contributed by atoms with Crippen molar-refractivity contribution in [3.05, 3.63) is 58.4 Å². The highest BCUT2D eigenvalue weighted by Crippen LogP contribution is 2.31. The van der Waals surface area contributed by atoms with Crippen LogP contribution in [0.25, 0.3) is 11.4 Å². The highest BCUT2D eigenvalue weighted by molar-refractivity contribution is 6.33. The molecule has 3 aromatic rings. The molecule has 0 spiro atoms. The Bertz CT molecular complexity index is 1080. The summed E-state index contributed by atoms with van der Waals surface area (Å²) in [5, 5.41) is 12.2. The molecular formula is C23H25ClN4O2. The van der Waals surface area contributed by atoms with Crippen LogP contribution in [0.4, 0.5) is 5.69 Å². The molecule has 1 aliphatic heterocycles. The van der Waals surface area contributed by atoms with Crippen molar-refractivity contribution in [3.63, 3.8) is 0 Å². The van der Waals surface area contributed by atoms with Gasteiger partial charge in [0.15, 0.2) is 12.4 Å². The molecule has 4 rings (SSSR count). The first-order valence-electron chi connectivity index (χ1n) is 10.2. The number of anilines is 1. The maximum absolute atomic E-state index is 12.4. The second kappa shape index (κ2) is 8.88. The standard InChI is InChI=1S/C23H25ClN4O2/c1-15-7-9-18(12-16(15)2)30-14-22(29)25-17-8-10-20(24)19(13-17)23-27-26-21-6-4-3-5-11-28(21)23/h7-10,12-13H,3-6,11,14H2,1-2H3,(H,25,29). The molecule has 0 unspecified atom stereocenters. The number of rotatable bonds is 5. The Morgan fingerprint density at radius 2 is 1.97 bits per heavy atom. The van der Waals surface area contributed by atoms with Gasteiger partial charge in [-0.3, -0.25) is 4.79 Å². The van der Waals surface area contributed by atoms with Gasteiger partial charge in [0.25, 0.3) is 5.91 Å². The van der Waals surface area contributed by atoms with E-state index in [1.165, 1.54) is 12.0 Å². The number of carbonyl (C=O) groups is 1. The smallest absolute Gasteiger partial charge is 0.262 e. The van der Waals surface area contributed by atoms with Gasteiger partial charge in [0.05, 0.1) is 5.02 Å². The van der Waals surface area contributed by atoms with Crippen molar-refractivity contribution >= 4 is 23.2 Å². The fourth-order valence-corrected chi connectivity index (χ4v) is 3.81. The Kier molecular flexibility index (Phi) is 6.04. The van der Waals surface area contributed by atoms with Gasteiger partial charge in [-0.2, -0.15) is 0 Å². The summed E-state index contributed by atoms with van der Waals surface area (Å²) in [6, 6.07) is 11.2. The zero-order valence-electron chi connectivity index (χ0n) is 17.2. The van der Waals surface area contributed by atoms with Crippen molar-refractivity contribution in [2.45, 2.75) is 46.1 Å². The lowest BCUT2D eigenvalue weighted by atomic mass is 10.1. The van der Waals surface area contributed by atoms with Gasteiger partial charge in [0.2, 0.25) is 0 Å². The number of hydrogen-bond acceptors (Lipinski definition) is 4. The van der Waals surface area contributed by atoms with E-state index in [0.29, 0.717) is 16.5 Å². The maximum Gasteiger partial charge on any atom is 0.262 e. The van der Waals surface area contributed by atoms with Crippen LogP contribution in [0.15, 0.2) is 36.4 Å². The fourth-order valence-electron chi connectivity index (χ4n) is 3.61. The van der Waals surface area contributed by atoms with Gasteiger partial charge >= 0.3 is 0 Å². The fraction of sp³-hybridized carbons (Fsp3) is 0.348. The van der Waals surface area contributed by atoms with E-state index in [0.717, 1.165) is 48.6 Å². The summed E-state index contributed by atoms with van der Waals surface area (Å²) in [6.45, 7) is 4.87. The average molecular weight is 425 g/mol. The van der Waals surface area contributed by atoms with Crippen LogP contribution in [0.2, 0.25) is 5.02 Å². The lowest BCUT2D eigenvalue weighted by Gasteiger charge is -2.12. The molecule has 1 aliphatic rings. The van der Waals surface area contributed by atoms with Crippen LogP contribution in [0.3, 0.4) is 0 Å². The number of nitrogens with one attached hydrogen (secondary N) is 1. The van der Waals surface area contributed by atoms with Gasteiger partial charge in [0.1, 0.15) is 11.6 Å². The summed E-state index contributed by atoms with van der Waals surface area (Å²) in [4.78, 5) is 12.4. The molecule has 0 bridgehead atoms. The third-order valence-corrected chi connectivity index (χ3v) is 5.78. The topological polar surface area (TPSA) is 69.0 Å². The largest absolute Gasteiger partial charge is 0.484 e. The lowest BCUT2D eigenvalue weighted by molar-refractivity contribution is -0.118. The van der Waals surface area contributed by atoms with E-state index in [1.54, 1.807) is 12.1 Å².